The number of aromatic nitrogens is 2. The first-order valence-corrected chi connectivity index (χ1v) is 7.56. The Kier molecular flexibility index (Phi) is 5.45. The summed E-state index contributed by atoms with van der Waals surface area (Å²) in [4.78, 5) is 2.12. The lowest BCUT2D eigenvalue weighted by Gasteiger charge is -2.19. The van der Waals surface area contributed by atoms with E-state index in [4.69, 9.17) is 16.0 Å². The molecule has 2 aromatic heterocycles. The topological polar surface area (TPSA) is 46.2 Å². The molecule has 21 heavy (non-hydrogen) atoms. The van der Waals surface area contributed by atoms with Gasteiger partial charge in [0.15, 0.2) is 0 Å². The molecule has 0 aliphatic heterocycles. The molecule has 0 spiro atoms. The summed E-state index contributed by atoms with van der Waals surface area (Å²) < 4.78 is 7.74. The van der Waals surface area contributed by atoms with Crippen LogP contribution in [0, 0.1) is 6.92 Å². The zero-order valence-electron chi connectivity index (χ0n) is 13.1. The summed E-state index contributed by atoms with van der Waals surface area (Å²) in [5, 5.41) is 8.49. The molecule has 1 N–H and O–H groups in total. The van der Waals surface area contributed by atoms with E-state index in [1.807, 2.05) is 37.8 Å². The Morgan fingerprint density at radius 3 is 2.76 bits per heavy atom. The lowest BCUT2D eigenvalue weighted by molar-refractivity contribution is 0.359. The number of halogens is 1. The number of hydrogen-bond donors (Lipinski definition) is 1. The van der Waals surface area contributed by atoms with Crippen LogP contribution < -0.4 is 5.32 Å². The first-order valence-electron chi connectivity index (χ1n) is 7.18. The van der Waals surface area contributed by atoms with E-state index in [0.29, 0.717) is 5.02 Å². The highest BCUT2D eigenvalue weighted by atomic mass is 35.5. The Morgan fingerprint density at radius 2 is 2.19 bits per heavy atom. The molecule has 5 nitrogen and oxygen atoms in total. The maximum absolute atomic E-state index is 6.37. The van der Waals surface area contributed by atoms with Crippen molar-refractivity contribution in [2.45, 2.75) is 26.4 Å². The zero-order valence-corrected chi connectivity index (χ0v) is 13.8. The Morgan fingerprint density at radius 1 is 1.43 bits per heavy atom. The predicted octanol–water partition coefficient (Wildman–Crippen LogP) is 2.70. The molecule has 2 rings (SSSR count). The molecule has 2 heterocycles. The molecule has 6 heteroatoms. The highest BCUT2D eigenvalue weighted by molar-refractivity contribution is 6.31. The molecule has 2 aromatic rings. The number of aryl methyl sites for hydroxylation is 1. The highest BCUT2D eigenvalue weighted by Crippen LogP contribution is 2.29. The van der Waals surface area contributed by atoms with Gasteiger partial charge in [-0.05, 0) is 39.7 Å². The standard InChI is InChI=1S/C15H23ClN4O/c1-5-17-14(13-7-6-11(2)21-13)15-12(16)10-18-20(15)9-8-19(3)4/h6-7,10,14,17H,5,8-9H2,1-4H3. The predicted molar refractivity (Wildman–Crippen MR) is 84.8 cm³/mol. The van der Waals surface area contributed by atoms with Gasteiger partial charge in [-0.15, -0.1) is 0 Å². The van der Waals surface area contributed by atoms with Crippen molar-refractivity contribution in [3.8, 4) is 0 Å². The molecule has 0 fully saturated rings. The molecular formula is C15H23ClN4O. The smallest absolute Gasteiger partial charge is 0.127 e. The number of nitrogens with zero attached hydrogens (tertiary/aromatic N) is 3. The molecule has 0 radical (unpaired) electrons. The van der Waals surface area contributed by atoms with E-state index < -0.39 is 0 Å². The highest BCUT2D eigenvalue weighted by Gasteiger charge is 2.24. The first-order chi connectivity index (χ1) is 10.0. The van der Waals surface area contributed by atoms with Crippen molar-refractivity contribution in [1.82, 2.24) is 20.0 Å². The Balaban J connectivity index is 2.33. The van der Waals surface area contributed by atoms with Gasteiger partial charge in [0, 0.05) is 6.54 Å². The second-order valence-corrected chi connectivity index (χ2v) is 5.75. The minimum atomic E-state index is -0.0825. The van der Waals surface area contributed by atoms with E-state index in [2.05, 4.69) is 22.2 Å². The van der Waals surface area contributed by atoms with Gasteiger partial charge >= 0.3 is 0 Å². The SMILES string of the molecule is CCNC(c1ccc(C)o1)c1c(Cl)cnn1CCN(C)C. The van der Waals surface area contributed by atoms with Crippen LogP contribution in [0.4, 0.5) is 0 Å². The van der Waals surface area contributed by atoms with Crippen LogP contribution in [0.3, 0.4) is 0 Å². The summed E-state index contributed by atoms with van der Waals surface area (Å²) in [6.07, 6.45) is 1.70. The fourth-order valence-electron chi connectivity index (χ4n) is 2.28. The van der Waals surface area contributed by atoms with Crippen LogP contribution in [-0.2, 0) is 6.54 Å². The van der Waals surface area contributed by atoms with Crippen molar-refractivity contribution in [1.29, 1.82) is 0 Å². The Hall–Kier alpha value is -1.30. The van der Waals surface area contributed by atoms with Gasteiger partial charge in [-0.2, -0.15) is 5.10 Å². The van der Waals surface area contributed by atoms with Crippen molar-refractivity contribution in [2.24, 2.45) is 0 Å². The largest absolute Gasteiger partial charge is 0.464 e. The maximum atomic E-state index is 6.37. The van der Waals surface area contributed by atoms with Crippen LogP contribution in [0.25, 0.3) is 0 Å². The minimum Gasteiger partial charge on any atom is -0.464 e. The molecule has 1 unspecified atom stereocenters. The molecule has 116 valence electrons. The molecule has 0 aliphatic rings. The second-order valence-electron chi connectivity index (χ2n) is 5.34. The molecule has 0 saturated heterocycles. The fourth-order valence-corrected chi connectivity index (χ4v) is 2.53. The van der Waals surface area contributed by atoms with Crippen LogP contribution in [0.2, 0.25) is 5.02 Å². The van der Waals surface area contributed by atoms with Gasteiger partial charge < -0.3 is 14.6 Å². The average molecular weight is 311 g/mol. The first kappa shape index (κ1) is 16.1. The number of rotatable bonds is 7. The number of likely N-dealkylation sites (N-methyl/N-ethyl adjacent to an activating group) is 1. The zero-order chi connectivity index (χ0) is 15.4. The van der Waals surface area contributed by atoms with Crippen molar-refractivity contribution < 1.29 is 4.42 Å². The van der Waals surface area contributed by atoms with Crippen molar-refractivity contribution in [3.05, 3.63) is 40.6 Å². The van der Waals surface area contributed by atoms with Gasteiger partial charge in [-0.1, -0.05) is 18.5 Å². The lowest BCUT2D eigenvalue weighted by atomic mass is 10.1. The number of hydrogen-bond acceptors (Lipinski definition) is 4. The minimum absolute atomic E-state index is 0.0825. The molecule has 0 bridgehead atoms. The molecule has 0 aromatic carbocycles. The quantitative estimate of drug-likeness (QED) is 0.854. The van der Waals surface area contributed by atoms with E-state index in [1.54, 1.807) is 6.20 Å². The van der Waals surface area contributed by atoms with Crippen molar-refractivity contribution in [2.75, 3.05) is 27.2 Å². The summed E-state index contributed by atoms with van der Waals surface area (Å²) in [6, 6.07) is 3.87. The van der Waals surface area contributed by atoms with Gasteiger partial charge in [-0.3, -0.25) is 4.68 Å². The van der Waals surface area contributed by atoms with Crippen LogP contribution in [0.5, 0.6) is 0 Å². The van der Waals surface area contributed by atoms with Gasteiger partial charge in [0.2, 0.25) is 0 Å². The van der Waals surface area contributed by atoms with Crippen molar-refractivity contribution in [3.63, 3.8) is 0 Å². The van der Waals surface area contributed by atoms with Crippen molar-refractivity contribution >= 4 is 11.6 Å². The van der Waals surface area contributed by atoms with E-state index in [1.165, 1.54) is 0 Å². The van der Waals surface area contributed by atoms with Gasteiger partial charge in [-0.25, -0.2) is 0 Å². The average Bonchev–Trinajstić information content (AvgIpc) is 3.00. The van der Waals surface area contributed by atoms with Gasteiger partial charge in [0.25, 0.3) is 0 Å². The lowest BCUT2D eigenvalue weighted by Crippen LogP contribution is -2.27. The van der Waals surface area contributed by atoms with Crippen LogP contribution >= 0.6 is 11.6 Å². The van der Waals surface area contributed by atoms with Gasteiger partial charge in [0.05, 0.1) is 23.5 Å². The van der Waals surface area contributed by atoms with Crippen LogP contribution in [0.15, 0.2) is 22.7 Å². The van der Waals surface area contributed by atoms with E-state index >= 15 is 0 Å². The van der Waals surface area contributed by atoms with E-state index in [9.17, 15) is 0 Å². The fraction of sp³-hybridized carbons (Fsp3) is 0.533. The summed E-state index contributed by atoms with van der Waals surface area (Å²) in [5.74, 6) is 1.76. The van der Waals surface area contributed by atoms with Crippen LogP contribution in [-0.4, -0.2) is 41.9 Å². The summed E-state index contributed by atoms with van der Waals surface area (Å²) >= 11 is 6.37. The second kappa shape index (κ2) is 7.11. The molecule has 1 atom stereocenters. The van der Waals surface area contributed by atoms with E-state index in [-0.39, 0.29) is 6.04 Å². The summed E-state index contributed by atoms with van der Waals surface area (Å²) in [7, 11) is 4.09. The number of nitrogens with one attached hydrogen (secondary N) is 1. The third kappa shape index (κ3) is 3.87. The number of furan rings is 1. The monoisotopic (exact) mass is 310 g/mol. The Labute approximate surface area is 130 Å². The van der Waals surface area contributed by atoms with E-state index in [0.717, 1.165) is 36.8 Å². The normalized spacial score (nSPS) is 13.0. The third-order valence-corrected chi connectivity index (χ3v) is 3.61. The molecular weight excluding hydrogens is 288 g/mol. The van der Waals surface area contributed by atoms with Gasteiger partial charge in [0.1, 0.15) is 17.6 Å². The summed E-state index contributed by atoms with van der Waals surface area (Å²) in [5.41, 5.74) is 0.953. The van der Waals surface area contributed by atoms with Crippen LogP contribution in [0.1, 0.15) is 30.2 Å². The third-order valence-electron chi connectivity index (χ3n) is 3.32. The molecule has 0 aliphatic carbocycles. The summed E-state index contributed by atoms with van der Waals surface area (Å²) in [6.45, 7) is 6.52. The molecule has 0 saturated carbocycles. The molecule has 0 amide bonds. The Bertz CT molecular complexity index is 576. The maximum Gasteiger partial charge on any atom is 0.127 e.